The van der Waals surface area contributed by atoms with Gasteiger partial charge in [0.05, 0.1) is 16.2 Å². The van der Waals surface area contributed by atoms with Crippen molar-refractivity contribution in [3.63, 3.8) is 0 Å². The Balaban J connectivity index is 2.18. The van der Waals surface area contributed by atoms with Gasteiger partial charge in [-0.25, -0.2) is 0 Å². The standard InChI is InChI=1S/C15H12F3N3O3/c1-9-6-7-10(8-13(9)21(23)24)14(22)20-19-12-5-3-2-4-11(12)15(16,17)18/h2-8,19H,1H3,(H,20,22). The Morgan fingerprint density at radius 3 is 2.46 bits per heavy atom. The third kappa shape index (κ3) is 3.80. The van der Waals surface area contributed by atoms with Crippen LogP contribution < -0.4 is 10.9 Å². The first kappa shape index (κ1) is 17.3. The lowest BCUT2D eigenvalue weighted by Crippen LogP contribution is -2.30. The molecule has 126 valence electrons. The van der Waals surface area contributed by atoms with Crippen molar-refractivity contribution < 1.29 is 22.9 Å². The molecule has 0 aliphatic carbocycles. The van der Waals surface area contributed by atoms with Crippen LogP contribution in [-0.2, 0) is 6.18 Å². The first-order valence-electron chi connectivity index (χ1n) is 6.68. The number of nitrogens with zero attached hydrogens (tertiary/aromatic N) is 1. The fourth-order valence-corrected chi connectivity index (χ4v) is 1.98. The molecule has 0 fully saturated rings. The summed E-state index contributed by atoms with van der Waals surface area (Å²) in [7, 11) is 0. The fourth-order valence-electron chi connectivity index (χ4n) is 1.98. The summed E-state index contributed by atoms with van der Waals surface area (Å²) in [5, 5.41) is 10.9. The minimum absolute atomic E-state index is 0.0516. The first-order valence-corrected chi connectivity index (χ1v) is 6.68. The van der Waals surface area contributed by atoms with Crippen LogP contribution in [0.3, 0.4) is 0 Å². The van der Waals surface area contributed by atoms with Crippen molar-refractivity contribution in [3.05, 3.63) is 69.3 Å². The highest BCUT2D eigenvalue weighted by atomic mass is 19.4. The molecule has 0 unspecified atom stereocenters. The Morgan fingerprint density at radius 2 is 1.83 bits per heavy atom. The molecule has 2 N–H and O–H groups in total. The van der Waals surface area contributed by atoms with Gasteiger partial charge in [0.25, 0.3) is 11.6 Å². The summed E-state index contributed by atoms with van der Waals surface area (Å²) in [4.78, 5) is 22.2. The van der Waals surface area contributed by atoms with Gasteiger partial charge in [-0.2, -0.15) is 13.2 Å². The van der Waals surface area contributed by atoms with Crippen molar-refractivity contribution in [2.75, 3.05) is 5.43 Å². The second-order valence-corrected chi connectivity index (χ2v) is 4.88. The zero-order valence-corrected chi connectivity index (χ0v) is 12.3. The average Bonchev–Trinajstić information content (AvgIpc) is 2.52. The number of anilines is 1. The van der Waals surface area contributed by atoms with E-state index in [1.807, 2.05) is 0 Å². The summed E-state index contributed by atoms with van der Waals surface area (Å²) >= 11 is 0. The van der Waals surface area contributed by atoms with Gasteiger partial charge in [-0.05, 0) is 25.1 Å². The number of benzene rings is 2. The first-order chi connectivity index (χ1) is 11.2. The van der Waals surface area contributed by atoms with Crippen molar-refractivity contribution in [2.24, 2.45) is 0 Å². The SMILES string of the molecule is Cc1ccc(C(=O)NNc2ccccc2C(F)(F)F)cc1[N+](=O)[O-]. The molecule has 2 aromatic rings. The lowest BCUT2D eigenvalue weighted by molar-refractivity contribution is -0.385. The molecule has 0 spiro atoms. The Hall–Kier alpha value is -3.10. The monoisotopic (exact) mass is 339 g/mol. The van der Waals surface area contributed by atoms with Crippen molar-refractivity contribution >= 4 is 17.3 Å². The topological polar surface area (TPSA) is 84.3 Å². The predicted molar refractivity (Wildman–Crippen MR) is 80.4 cm³/mol. The van der Waals surface area contributed by atoms with Crippen molar-refractivity contribution in [2.45, 2.75) is 13.1 Å². The van der Waals surface area contributed by atoms with E-state index in [0.717, 1.165) is 18.2 Å². The van der Waals surface area contributed by atoms with Crippen LogP contribution in [0.2, 0.25) is 0 Å². The number of halogens is 3. The van der Waals surface area contributed by atoms with Crippen molar-refractivity contribution in [1.29, 1.82) is 0 Å². The van der Waals surface area contributed by atoms with Crippen LogP contribution in [0, 0.1) is 17.0 Å². The number of hydrazine groups is 1. The Labute approximate surface area is 134 Å². The van der Waals surface area contributed by atoms with Crippen LogP contribution in [0.4, 0.5) is 24.5 Å². The number of nitrogens with one attached hydrogen (secondary N) is 2. The molecule has 0 saturated heterocycles. The predicted octanol–water partition coefficient (Wildman–Crippen LogP) is 3.68. The lowest BCUT2D eigenvalue weighted by atomic mass is 10.1. The molecule has 2 rings (SSSR count). The molecule has 0 radical (unpaired) electrons. The zero-order chi connectivity index (χ0) is 17.9. The number of para-hydroxylation sites is 1. The number of alkyl halides is 3. The normalized spacial score (nSPS) is 11.0. The van der Waals surface area contributed by atoms with E-state index in [2.05, 4.69) is 10.9 Å². The van der Waals surface area contributed by atoms with E-state index >= 15 is 0 Å². The number of nitro benzene ring substituents is 1. The summed E-state index contributed by atoms with van der Waals surface area (Å²) in [6.45, 7) is 1.51. The number of carbonyl (C=O) groups is 1. The molecule has 0 bridgehead atoms. The van der Waals surface area contributed by atoms with Gasteiger partial charge in [-0.1, -0.05) is 18.2 Å². The van der Waals surface area contributed by atoms with E-state index in [9.17, 15) is 28.1 Å². The molecule has 2 aromatic carbocycles. The maximum absolute atomic E-state index is 12.9. The third-order valence-corrected chi connectivity index (χ3v) is 3.21. The molecule has 0 heterocycles. The number of aryl methyl sites for hydroxylation is 1. The smallest absolute Gasteiger partial charge is 0.298 e. The number of hydrogen-bond acceptors (Lipinski definition) is 4. The molecule has 0 aliphatic heterocycles. The number of nitro groups is 1. The molecule has 1 amide bonds. The molecule has 0 saturated carbocycles. The van der Waals surface area contributed by atoms with Gasteiger partial charge in [0.2, 0.25) is 0 Å². The van der Waals surface area contributed by atoms with Crippen LogP contribution >= 0.6 is 0 Å². The van der Waals surface area contributed by atoms with E-state index in [0.29, 0.717) is 5.56 Å². The number of rotatable bonds is 4. The van der Waals surface area contributed by atoms with E-state index in [4.69, 9.17) is 0 Å². The van der Waals surface area contributed by atoms with Gasteiger partial charge in [-0.3, -0.25) is 25.8 Å². The molecule has 9 heteroatoms. The summed E-state index contributed by atoms with van der Waals surface area (Å²) in [5.74, 6) is -0.796. The quantitative estimate of drug-likeness (QED) is 0.657. The number of carbonyl (C=O) groups excluding carboxylic acids is 1. The minimum Gasteiger partial charge on any atom is -0.298 e. The molecular weight excluding hydrogens is 327 g/mol. The lowest BCUT2D eigenvalue weighted by Gasteiger charge is -2.15. The highest BCUT2D eigenvalue weighted by molar-refractivity contribution is 5.95. The molecular formula is C15H12F3N3O3. The second kappa shape index (κ2) is 6.57. The van der Waals surface area contributed by atoms with E-state index in [-0.39, 0.29) is 16.9 Å². The van der Waals surface area contributed by atoms with E-state index in [1.54, 1.807) is 0 Å². The molecule has 24 heavy (non-hydrogen) atoms. The molecule has 0 atom stereocenters. The van der Waals surface area contributed by atoms with Gasteiger partial charge in [-0.15, -0.1) is 0 Å². The molecule has 0 aromatic heterocycles. The largest absolute Gasteiger partial charge is 0.418 e. The van der Waals surface area contributed by atoms with Gasteiger partial charge >= 0.3 is 6.18 Å². The average molecular weight is 339 g/mol. The van der Waals surface area contributed by atoms with Crippen molar-refractivity contribution in [3.8, 4) is 0 Å². The van der Waals surface area contributed by atoms with E-state index < -0.39 is 22.6 Å². The Morgan fingerprint density at radius 1 is 1.17 bits per heavy atom. The van der Waals surface area contributed by atoms with E-state index in [1.165, 1.54) is 31.2 Å². The summed E-state index contributed by atoms with van der Waals surface area (Å²) in [6, 6.07) is 8.40. The summed E-state index contributed by atoms with van der Waals surface area (Å²) < 4.78 is 38.6. The third-order valence-electron chi connectivity index (χ3n) is 3.21. The van der Waals surface area contributed by atoms with Crippen LogP contribution in [0.25, 0.3) is 0 Å². The molecule has 0 aliphatic rings. The van der Waals surface area contributed by atoms with Crippen molar-refractivity contribution in [1.82, 2.24) is 5.43 Å². The highest BCUT2D eigenvalue weighted by Crippen LogP contribution is 2.34. The second-order valence-electron chi connectivity index (χ2n) is 4.88. The number of hydrogen-bond donors (Lipinski definition) is 2. The van der Waals surface area contributed by atoms with Crippen LogP contribution in [0.5, 0.6) is 0 Å². The van der Waals surface area contributed by atoms with Gasteiger partial charge in [0.15, 0.2) is 0 Å². The summed E-state index contributed by atoms with van der Waals surface area (Å²) in [5.41, 5.74) is 3.08. The molecule has 6 nitrogen and oxygen atoms in total. The van der Waals surface area contributed by atoms with Crippen LogP contribution in [0.1, 0.15) is 21.5 Å². The van der Waals surface area contributed by atoms with Gasteiger partial charge in [0.1, 0.15) is 0 Å². The number of amides is 1. The zero-order valence-electron chi connectivity index (χ0n) is 12.3. The van der Waals surface area contributed by atoms with Gasteiger partial charge in [0, 0.05) is 17.2 Å². The van der Waals surface area contributed by atoms with Gasteiger partial charge < -0.3 is 0 Å². The summed E-state index contributed by atoms with van der Waals surface area (Å²) in [6.07, 6.45) is -4.59. The Bertz CT molecular complexity index is 791. The fraction of sp³-hybridized carbons (Fsp3) is 0.133. The van der Waals surface area contributed by atoms with Crippen LogP contribution in [0.15, 0.2) is 42.5 Å². The van der Waals surface area contributed by atoms with Crippen LogP contribution in [-0.4, -0.2) is 10.8 Å². The maximum atomic E-state index is 12.9. The maximum Gasteiger partial charge on any atom is 0.418 e. The minimum atomic E-state index is -4.59. The highest BCUT2D eigenvalue weighted by Gasteiger charge is 2.33. The Kier molecular flexibility index (Phi) is 4.72.